The molecule has 1 saturated heterocycles. The molecule has 2 aromatic rings. The molecular weight excluding hydrogens is 354 g/mol. The number of nitrogens with zero attached hydrogens (tertiary/aromatic N) is 1. The highest BCUT2D eigenvalue weighted by atomic mass is 16.5. The Kier molecular flexibility index (Phi) is 5.60. The maximum atomic E-state index is 12.7. The van der Waals surface area contributed by atoms with Gasteiger partial charge in [-0.15, -0.1) is 0 Å². The van der Waals surface area contributed by atoms with Gasteiger partial charge in [-0.3, -0.25) is 4.79 Å². The summed E-state index contributed by atoms with van der Waals surface area (Å²) in [5.74, 6) is 0.712. The molecule has 2 aliphatic heterocycles. The van der Waals surface area contributed by atoms with Gasteiger partial charge in [-0.25, -0.2) is 4.79 Å². The fourth-order valence-electron chi connectivity index (χ4n) is 4.05. The summed E-state index contributed by atoms with van der Waals surface area (Å²) in [6.45, 7) is 1.58. The molecule has 2 aliphatic rings. The fourth-order valence-corrected chi connectivity index (χ4v) is 4.05. The standard InChI is InChI=1S/C23H25NO4/c25-22(15-17-7-2-1-3-8-17)24-13-6-10-20(24)23(26)28-16-18-12-14-27-21-11-5-4-9-19(18)21/h1-5,7-9,11,18,20H,6,10,12-16H2. The normalized spacial score (nSPS) is 20.9. The number of para-hydroxylation sites is 1. The number of ether oxygens (including phenoxy) is 2. The van der Waals surface area contributed by atoms with Crippen LogP contribution >= 0.6 is 0 Å². The van der Waals surface area contributed by atoms with Crippen LogP contribution in [-0.4, -0.2) is 42.6 Å². The van der Waals surface area contributed by atoms with Gasteiger partial charge in [0.25, 0.3) is 0 Å². The van der Waals surface area contributed by atoms with Crippen LogP contribution < -0.4 is 4.74 Å². The predicted molar refractivity (Wildman–Crippen MR) is 105 cm³/mol. The molecule has 0 aliphatic carbocycles. The summed E-state index contributed by atoms with van der Waals surface area (Å²) in [6, 6.07) is 17.1. The number of rotatable bonds is 5. The average Bonchev–Trinajstić information content (AvgIpc) is 3.23. The van der Waals surface area contributed by atoms with E-state index in [-0.39, 0.29) is 17.8 Å². The molecule has 2 unspecified atom stereocenters. The van der Waals surface area contributed by atoms with Crippen molar-refractivity contribution in [3.8, 4) is 5.75 Å². The van der Waals surface area contributed by atoms with Crippen LogP contribution in [0.5, 0.6) is 5.75 Å². The second-order valence-corrected chi connectivity index (χ2v) is 7.41. The van der Waals surface area contributed by atoms with Crippen molar-refractivity contribution in [1.82, 2.24) is 4.90 Å². The van der Waals surface area contributed by atoms with Crippen molar-refractivity contribution in [3.05, 3.63) is 65.7 Å². The molecule has 28 heavy (non-hydrogen) atoms. The van der Waals surface area contributed by atoms with Gasteiger partial charge in [-0.2, -0.15) is 0 Å². The molecule has 0 N–H and O–H groups in total. The van der Waals surface area contributed by atoms with E-state index in [1.54, 1.807) is 4.90 Å². The van der Waals surface area contributed by atoms with Gasteiger partial charge in [-0.05, 0) is 30.9 Å². The van der Waals surface area contributed by atoms with Gasteiger partial charge in [0.2, 0.25) is 5.91 Å². The number of esters is 1. The quantitative estimate of drug-likeness (QED) is 0.748. The topological polar surface area (TPSA) is 55.8 Å². The van der Waals surface area contributed by atoms with Crippen LogP contribution in [0.2, 0.25) is 0 Å². The summed E-state index contributed by atoms with van der Waals surface area (Å²) in [7, 11) is 0. The van der Waals surface area contributed by atoms with Gasteiger partial charge in [0.1, 0.15) is 11.8 Å². The van der Waals surface area contributed by atoms with Gasteiger partial charge in [0.15, 0.2) is 0 Å². The van der Waals surface area contributed by atoms with Crippen LogP contribution in [0.25, 0.3) is 0 Å². The van der Waals surface area contributed by atoms with E-state index in [9.17, 15) is 9.59 Å². The first-order valence-corrected chi connectivity index (χ1v) is 9.94. The molecule has 5 nitrogen and oxygen atoms in total. The molecule has 2 atom stereocenters. The average molecular weight is 379 g/mol. The van der Waals surface area contributed by atoms with Gasteiger partial charge >= 0.3 is 5.97 Å². The minimum Gasteiger partial charge on any atom is -0.493 e. The third-order valence-corrected chi connectivity index (χ3v) is 5.55. The zero-order valence-electron chi connectivity index (χ0n) is 15.9. The molecule has 0 radical (unpaired) electrons. The Hall–Kier alpha value is -2.82. The molecule has 0 spiro atoms. The Bertz CT molecular complexity index is 836. The van der Waals surface area contributed by atoms with Crippen molar-refractivity contribution in [3.63, 3.8) is 0 Å². The van der Waals surface area contributed by atoms with Gasteiger partial charge in [0.05, 0.1) is 19.6 Å². The first kappa shape index (κ1) is 18.5. The highest BCUT2D eigenvalue weighted by Crippen LogP contribution is 2.33. The van der Waals surface area contributed by atoms with E-state index in [0.29, 0.717) is 32.6 Å². The summed E-state index contributed by atoms with van der Waals surface area (Å²) in [5, 5.41) is 0. The van der Waals surface area contributed by atoms with Crippen molar-refractivity contribution < 1.29 is 19.1 Å². The zero-order valence-corrected chi connectivity index (χ0v) is 15.9. The highest BCUT2D eigenvalue weighted by molar-refractivity contribution is 5.86. The number of hydrogen-bond donors (Lipinski definition) is 0. The number of likely N-dealkylation sites (tertiary alicyclic amines) is 1. The largest absolute Gasteiger partial charge is 0.493 e. The Morgan fingerprint density at radius 2 is 1.82 bits per heavy atom. The number of fused-ring (bicyclic) bond motifs is 1. The smallest absolute Gasteiger partial charge is 0.328 e. The first-order chi connectivity index (χ1) is 13.7. The van der Waals surface area contributed by atoms with E-state index < -0.39 is 6.04 Å². The van der Waals surface area contributed by atoms with E-state index in [1.165, 1.54) is 0 Å². The Balaban J connectivity index is 1.36. The molecule has 0 aromatic heterocycles. The third kappa shape index (κ3) is 4.03. The lowest BCUT2D eigenvalue weighted by atomic mass is 9.94. The molecule has 2 aromatic carbocycles. The third-order valence-electron chi connectivity index (χ3n) is 5.55. The second kappa shape index (κ2) is 8.46. The monoisotopic (exact) mass is 379 g/mol. The maximum Gasteiger partial charge on any atom is 0.328 e. The summed E-state index contributed by atoms with van der Waals surface area (Å²) in [5.41, 5.74) is 2.05. The molecule has 0 bridgehead atoms. The second-order valence-electron chi connectivity index (χ2n) is 7.41. The van der Waals surface area contributed by atoms with Gasteiger partial charge in [-0.1, -0.05) is 48.5 Å². The summed E-state index contributed by atoms with van der Waals surface area (Å²) >= 11 is 0. The van der Waals surface area contributed by atoms with Crippen molar-refractivity contribution in [1.29, 1.82) is 0 Å². The Labute approximate surface area is 165 Å². The lowest BCUT2D eigenvalue weighted by Gasteiger charge is -2.27. The number of amides is 1. The van der Waals surface area contributed by atoms with Crippen molar-refractivity contribution in [2.75, 3.05) is 19.8 Å². The summed E-state index contributed by atoms with van der Waals surface area (Å²) < 4.78 is 11.3. The molecular formula is C23H25NO4. The lowest BCUT2D eigenvalue weighted by molar-refractivity contribution is -0.153. The Morgan fingerprint density at radius 1 is 1.04 bits per heavy atom. The SMILES string of the molecule is O=C(OCC1CCOc2ccccc21)C1CCCN1C(=O)Cc1ccccc1. The van der Waals surface area contributed by atoms with Crippen LogP contribution in [0.15, 0.2) is 54.6 Å². The zero-order chi connectivity index (χ0) is 19.3. The molecule has 0 saturated carbocycles. The van der Waals surface area contributed by atoms with Crippen LogP contribution in [0.1, 0.15) is 36.3 Å². The van der Waals surface area contributed by atoms with E-state index >= 15 is 0 Å². The van der Waals surface area contributed by atoms with Crippen molar-refractivity contribution in [2.45, 2.75) is 37.6 Å². The molecule has 1 amide bonds. The molecule has 2 heterocycles. The molecule has 4 rings (SSSR count). The number of hydrogen-bond acceptors (Lipinski definition) is 4. The van der Waals surface area contributed by atoms with E-state index in [1.807, 2.05) is 54.6 Å². The first-order valence-electron chi connectivity index (χ1n) is 9.94. The van der Waals surface area contributed by atoms with Gasteiger partial charge < -0.3 is 14.4 Å². The predicted octanol–water partition coefficient (Wildman–Crippen LogP) is 3.33. The fraction of sp³-hybridized carbons (Fsp3) is 0.391. The number of carbonyl (C=O) groups is 2. The van der Waals surface area contributed by atoms with Crippen LogP contribution in [-0.2, 0) is 20.7 Å². The van der Waals surface area contributed by atoms with Crippen LogP contribution in [0.4, 0.5) is 0 Å². The van der Waals surface area contributed by atoms with Crippen molar-refractivity contribution in [2.24, 2.45) is 0 Å². The molecule has 5 heteroatoms. The van der Waals surface area contributed by atoms with E-state index in [4.69, 9.17) is 9.47 Å². The minimum atomic E-state index is -0.466. The summed E-state index contributed by atoms with van der Waals surface area (Å²) in [4.78, 5) is 27.1. The maximum absolute atomic E-state index is 12.7. The highest BCUT2D eigenvalue weighted by Gasteiger charge is 2.35. The Morgan fingerprint density at radius 3 is 2.68 bits per heavy atom. The number of carbonyl (C=O) groups excluding carboxylic acids is 2. The summed E-state index contributed by atoms with van der Waals surface area (Å²) in [6.07, 6.45) is 2.65. The number of benzene rings is 2. The molecule has 1 fully saturated rings. The lowest BCUT2D eigenvalue weighted by Crippen LogP contribution is -2.42. The van der Waals surface area contributed by atoms with E-state index in [2.05, 4.69) is 0 Å². The minimum absolute atomic E-state index is 0.0120. The van der Waals surface area contributed by atoms with Crippen LogP contribution in [0, 0.1) is 0 Å². The van der Waals surface area contributed by atoms with Crippen LogP contribution in [0.3, 0.4) is 0 Å². The van der Waals surface area contributed by atoms with E-state index in [0.717, 1.165) is 29.7 Å². The molecule has 146 valence electrons. The van der Waals surface area contributed by atoms with Crippen molar-refractivity contribution >= 4 is 11.9 Å². The van der Waals surface area contributed by atoms with Gasteiger partial charge in [0, 0.05) is 18.0 Å².